The van der Waals surface area contributed by atoms with E-state index in [-0.39, 0.29) is 17.7 Å². The molecule has 4 aromatic rings. The third kappa shape index (κ3) is 5.03. The van der Waals surface area contributed by atoms with Gasteiger partial charge in [0.05, 0.1) is 36.6 Å². The number of thiazole rings is 1. The van der Waals surface area contributed by atoms with Crippen LogP contribution in [-0.4, -0.2) is 31.4 Å². The Kier molecular flexibility index (Phi) is 7.45. The summed E-state index contributed by atoms with van der Waals surface area (Å²) < 4.78 is 24.3. The van der Waals surface area contributed by atoms with Gasteiger partial charge in [0.25, 0.3) is 5.56 Å². The summed E-state index contributed by atoms with van der Waals surface area (Å²) in [5.41, 5.74) is 1.83. The molecule has 0 fully saturated rings. The summed E-state index contributed by atoms with van der Waals surface area (Å²) in [5.74, 6) is 1.61. The largest absolute Gasteiger partial charge is 0.497 e. The second-order valence-electron chi connectivity index (χ2n) is 8.62. The van der Waals surface area contributed by atoms with Gasteiger partial charge >= 0.3 is 5.97 Å². The minimum absolute atomic E-state index is 0.181. The lowest BCUT2D eigenvalue weighted by atomic mass is 9.95. The smallest absolute Gasteiger partial charge is 0.338 e. The van der Waals surface area contributed by atoms with Crippen molar-refractivity contribution in [2.75, 3.05) is 20.8 Å². The fourth-order valence-electron chi connectivity index (χ4n) is 4.49. The van der Waals surface area contributed by atoms with Crippen molar-refractivity contribution in [1.29, 1.82) is 0 Å². The Morgan fingerprint density at radius 3 is 2.69 bits per heavy atom. The normalized spacial score (nSPS) is 15.1. The SMILES string of the molecule is CCOC(=O)C1=C(C)N=c2s/c(=C\c3ccc(-c4cccc(Cl)c4)o3)c(=O)n2C1c1ccc(OC)cc1OC. The van der Waals surface area contributed by atoms with Crippen LogP contribution in [0.1, 0.15) is 31.2 Å². The molecule has 1 atom stereocenters. The summed E-state index contributed by atoms with van der Waals surface area (Å²) in [6.07, 6.45) is 1.67. The van der Waals surface area contributed by atoms with Crippen molar-refractivity contribution in [1.82, 2.24) is 4.57 Å². The van der Waals surface area contributed by atoms with E-state index in [1.165, 1.54) is 23.0 Å². The van der Waals surface area contributed by atoms with Gasteiger partial charge in [0, 0.05) is 28.3 Å². The van der Waals surface area contributed by atoms with E-state index in [1.807, 2.05) is 18.2 Å². The fraction of sp³-hybridized carbons (Fsp3) is 0.207. The van der Waals surface area contributed by atoms with Crippen LogP contribution in [0.5, 0.6) is 11.5 Å². The lowest BCUT2D eigenvalue weighted by Crippen LogP contribution is -2.40. The van der Waals surface area contributed by atoms with Crippen LogP contribution in [0.25, 0.3) is 17.4 Å². The highest BCUT2D eigenvalue weighted by molar-refractivity contribution is 7.07. The average Bonchev–Trinajstić information content (AvgIpc) is 3.52. The zero-order valence-corrected chi connectivity index (χ0v) is 23.3. The average molecular weight is 565 g/mol. The van der Waals surface area contributed by atoms with E-state index < -0.39 is 12.0 Å². The Morgan fingerprint density at radius 1 is 1.15 bits per heavy atom. The predicted molar refractivity (Wildman–Crippen MR) is 149 cm³/mol. The number of fused-ring (bicyclic) bond motifs is 1. The number of aromatic nitrogens is 1. The molecule has 1 aliphatic heterocycles. The molecule has 5 rings (SSSR count). The molecule has 2 aromatic heterocycles. The van der Waals surface area contributed by atoms with Crippen molar-refractivity contribution in [3.05, 3.63) is 102 Å². The van der Waals surface area contributed by atoms with Crippen LogP contribution in [0, 0.1) is 0 Å². The Hall–Kier alpha value is -4.08. The second kappa shape index (κ2) is 11.0. The number of hydrogen-bond acceptors (Lipinski definition) is 8. The van der Waals surface area contributed by atoms with E-state index in [0.29, 0.717) is 48.6 Å². The quantitative estimate of drug-likeness (QED) is 0.301. The first-order valence-electron chi connectivity index (χ1n) is 12.1. The summed E-state index contributed by atoms with van der Waals surface area (Å²) in [5, 5.41) is 0.598. The summed E-state index contributed by atoms with van der Waals surface area (Å²) in [6.45, 7) is 3.64. The predicted octanol–water partition coefficient (Wildman–Crippen LogP) is 4.73. The number of carbonyl (C=O) groups is 1. The first-order chi connectivity index (χ1) is 18.8. The highest BCUT2D eigenvalue weighted by atomic mass is 35.5. The third-order valence-electron chi connectivity index (χ3n) is 6.26. The number of nitrogens with zero attached hydrogens (tertiary/aromatic N) is 2. The van der Waals surface area contributed by atoms with E-state index in [2.05, 4.69) is 4.99 Å². The van der Waals surface area contributed by atoms with Crippen molar-refractivity contribution >= 4 is 35.0 Å². The van der Waals surface area contributed by atoms with E-state index in [0.717, 1.165) is 5.56 Å². The van der Waals surface area contributed by atoms with Gasteiger partial charge in [-0.25, -0.2) is 9.79 Å². The highest BCUT2D eigenvalue weighted by Gasteiger charge is 2.35. The van der Waals surface area contributed by atoms with Gasteiger partial charge in [0.1, 0.15) is 29.1 Å². The van der Waals surface area contributed by atoms with E-state index >= 15 is 0 Å². The topological polar surface area (TPSA) is 92.3 Å². The van der Waals surface area contributed by atoms with Crippen molar-refractivity contribution in [3.63, 3.8) is 0 Å². The third-order valence-corrected chi connectivity index (χ3v) is 7.48. The number of halogens is 1. The molecule has 0 radical (unpaired) electrons. The number of allylic oxidation sites excluding steroid dienone is 1. The molecule has 0 N–H and O–H groups in total. The number of esters is 1. The molecule has 1 unspecified atom stereocenters. The zero-order valence-electron chi connectivity index (χ0n) is 21.7. The number of furan rings is 1. The standard InChI is InChI=1S/C29H25ClN2O6S/c1-5-37-28(34)25-16(2)31-29-32(26(25)21-11-9-19(35-3)14-23(21)36-4)27(33)24(39-29)15-20-10-12-22(38-20)17-7-6-8-18(30)13-17/h6-15,26H,5H2,1-4H3/b24-15-. The summed E-state index contributed by atoms with van der Waals surface area (Å²) in [4.78, 5) is 32.1. The van der Waals surface area contributed by atoms with Crippen molar-refractivity contribution in [2.45, 2.75) is 19.9 Å². The molecule has 0 amide bonds. The summed E-state index contributed by atoms with van der Waals surface area (Å²) in [6, 6.07) is 15.4. The maximum absolute atomic E-state index is 13.9. The molecular formula is C29H25ClN2O6S. The lowest BCUT2D eigenvalue weighted by molar-refractivity contribution is -0.139. The summed E-state index contributed by atoms with van der Waals surface area (Å²) >= 11 is 7.33. The molecule has 0 saturated carbocycles. The van der Waals surface area contributed by atoms with Crippen LogP contribution in [0.4, 0.5) is 0 Å². The maximum Gasteiger partial charge on any atom is 0.338 e. The van der Waals surface area contributed by atoms with Crippen molar-refractivity contribution < 1.29 is 23.4 Å². The molecule has 0 bridgehead atoms. The van der Waals surface area contributed by atoms with Gasteiger partial charge in [-0.15, -0.1) is 0 Å². The van der Waals surface area contributed by atoms with E-state index in [4.69, 9.17) is 30.2 Å². The summed E-state index contributed by atoms with van der Waals surface area (Å²) in [7, 11) is 3.08. The van der Waals surface area contributed by atoms with Gasteiger partial charge in [-0.3, -0.25) is 9.36 Å². The fourth-order valence-corrected chi connectivity index (χ4v) is 5.70. The van der Waals surface area contributed by atoms with Crippen molar-refractivity contribution in [3.8, 4) is 22.8 Å². The Bertz CT molecular complexity index is 1780. The molecule has 1 aliphatic rings. The monoisotopic (exact) mass is 564 g/mol. The van der Waals surface area contributed by atoms with Gasteiger partial charge in [-0.1, -0.05) is 35.1 Å². The number of ether oxygens (including phenoxy) is 3. The molecular weight excluding hydrogens is 540 g/mol. The number of benzene rings is 2. The Morgan fingerprint density at radius 2 is 1.97 bits per heavy atom. The first kappa shape index (κ1) is 26.5. The van der Waals surface area contributed by atoms with Crippen LogP contribution in [-0.2, 0) is 9.53 Å². The van der Waals surface area contributed by atoms with Gasteiger partial charge in [0.2, 0.25) is 0 Å². The number of rotatable bonds is 7. The molecule has 39 heavy (non-hydrogen) atoms. The maximum atomic E-state index is 13.9. The highest BCUT2D eigenvalue weighted by Crippen LogP contribution is 2.37. The first-order valence-corrected chi connectivity index (χ1v) is 13.3. The molecule has 0 spiro atoms. The number of methoxy groups -OCH3 is 2. The van der Waals surface area contributed by atoms with Crippen LogP contribution in [0.15, 0.2) is 80.1 Å². The Labute approximate surface area is 233 Å². The van der Waals surface area contributed by atoms with Gasteiger partial charge in [0.15, 0.2) is 4.80 Å². The molecule has 3 heterocycles. The van der Waals surface area contributed by atoms with Crippen LogP contribution < -0.4 is 24.4 Å². The number of hydrogen-bond donors (Lipinski definition) is 0. The minimum Gasteiger partial charge on any atom is -0.497 e. The van der Waals surface area contributed by atoms with E-state index in [1.54, 1.807) is 63.4 Å². The Balaban J connectivity index is 1.67. The minimum atomic E-state index is -0.818. The van der Waals surface area contributed by atoms with Crippen LogP contribution in [0.3, 0.4) is 0 Å². The van der Waals surface area contributed by atoms with Crippen molar-refractivity contribution in [2.24, 2.45) is 4.99 Å². The van der Waals surface area contributed by atoms with Gasteiger partial charge < -0.3 is 18.6 Å². The zero-order chi connectivity index (χ0) is 27.7. The number of carbonyl (C=O) groups excluding carboxylic acids is 1. The lowest BCUT2D eigenvalue weighted by Gasteiger charge is -2.26. The molecule has 2 aromatic carbocycles. The molecule has 0 aliphatic carbocycles. The molecule has 0 saturated heterocycles. The van der Waals surface area contributed by atoms with Gasteiger partial charge in [-0.05, 0) is 50.2 Å². The van der Waals surface area contributed by atoms with Gasteiger partial charge in [-0.2, -0.15) is 0 Å². The second-order valence-corrected chi connectivity index (χ2v) is 10.1. The van der Waals surface area contributed by atoms with E-state index in [9.17, 15) is 9.59 Å². The molecule has 8 nitrogen and oxygen atoms in total. The van der Waals surface area contributed by atoms with Crippen LogP contribution >= 0.6 is 22.9 Å². The van der Waals surface area contributed by atoms with Crippen LogP contribution in [0.2, 0.25) is 5.02 Å². The molecule has 10 heteroatoms. The molecule has 200 valence electrons.